The predicted octanol–water partition coefficient (Wildman–Crippen LogP) is 3.95. The number of anilines is 1. The molecule has 0 aliphatic rings. The van der Waals surface area contributed by atoms with Crippen LogP contribution in [0.2, 0.25) is 5.02 Å². The fraction of sp³-hybridized carbons (Fsp3) is 0.267. The van der Waals surface area contributed by atoms with Crippen molar-refractivity contribution in [2.24, 2.45) is 0 Å². The first-order chi connectivity index (χ1) is 10.1. The quantitative estimate of drug-likeness (QED) is 0.669. The molecule has 0 aliphatic carbocycles. The van der Waals surface area contributed by atoms with Crippen LogP contribution in [0.25, 0.3) is 0 Å². The minimum atomic E-state index is -0.210. The Morgan fingerprint density at radius 3 is 2.86 bits per heavy atom. The molecule has 1 N–H and O–H groups in total. The molecule has 0 spiro atoms. The molecule has 0 saturated heterocycles. The van der Waals surface area contributed by atoms with E-state index in [0.717, 1.165) is 10.7 Å². The lowest BCUT2D eigenvalue weighted by Gasteiger charge is -2.14. The van der Waals surface area contributed by atoms with E-state index in [9.17, 15) is 4.79 Å². The van der Waals surface area contributed by atoms with Gasteiger partial charge >= 0.3 is 0 Å². The van der Waals surface area contributed by atoms with E-state index in [4.69, 9.17) is 11.6 Å². The number of thioether (sulfide) groups is 1. The maximum absolute atomic E-state index is 12.3. The number of hydrogen-bond acceptors (Lipinski definition) is 4. The highest BCUT2D eigenvalue weighted by molar-refractivity contribution is 8.00. The van der Waals surface area contributed by atoms with Crippen molar-refractivity contribution in [2.75, 3.05) is 5.32 Å². The van der Waals surface area contributed by atoms with Crippen molar-refractivity contribution in [2.45, 2.75) is 30.5 Å². The van der Waals surface area contributed by atoms with Gasteiger partial charge in [-0.1, -0.05) is 36.4 Å². The van der Waals surface area contributed by atoms with E-state index in [-0.39, 0.29) is 11.2 Å². The third-order valence-electron chi connectivity index (χ3n) is 2.80. The molecular weight excluding hydrogens is 306 g/mol. The maximum atomic E-state index is 12.3. The van der Waals surface area contributed by atoms with Gasteiger partial charge in [0.15, 0.2) is 0 Å². The summed E-state index contributed by atoms with van der Waals surface area (Å²) in [5.74, 6) is -0.0546. The monoisotopic (exact) mass is 321 g/mol. The standard InChI is InChI=1S/C15H16ClN3OS/c1-3-13(21-14-7-10(2)17-9-18-14)15(20)19-12-6-4-5-11(16)8-12/h4-9,13H,3H2,1-2H3,(H,19,20). The number of aryl methyl sites for hydroxylation is 1. The van der Waals surface area contributed by atoms with E-state index >= 15 is 0 Å². The summed E-state index contributed by atoms with van der Waals surface area (Å²) in [5, 5.41) is 4.07. The maximum Gasteiger partial charge on any atom is 0.237 e. The van der Waals surface area contributed by atoms with Gasteiger partial charge in [-0.05, 0) is 37.6 Å². The molecule has 0 bridgehead atoms. The lowest BCUT2D eigenvalue weighted by atomic mass is 10.3. The molecule has 0 fully saturated rings. The van der Waals surface area contributed by atoms with Crippen molar-refractivity contribution in [1.82, 2.24) is 9.97 Å². The molecule has 1 aromatic heterocycles. The van der Waals surface area contributed by atoms with Gasteiger partial charge in [-0.3, -0.25) is 4.79 Å². The molecule has 2 rings (SSSR count). The molecule has 21 heavy (non-hydrogen) atoms. The first kappa shape index (κ1) is 15.8. The topological polar surface area (TPSA) is 54.9 Å². The fourth-order valence-electron chi connectivity index (χ4n) is 1.75. The van der Waals surface area contributed by atoms with Crippen LogP contribution < -0.4 is 5.32 Å². The largest absolute Gasteiger partial charge is 0.325 e. The van der Waals surface area contributed by atoms with Gasteiger partial charge < -0.3 is 5.32 Å². The zero-order valence-electron chi connectivity index (χ0n) is 11.8. The van der Waals surface area contributed by atoms with E-state index in [1.807, 2.05) is 26.0 Å². The van der Waals surface area contributed by atoms with E-state index in [1.54, 1.807) is 18.2 Å². The van der Waals surface area contributed by atoms with Gasteiger partial charge in [-0.2, -0.15) is 0 Å². The van der Waals surface area contributed by atoms with Gasteiger partial charge in [-0.15, -0.1) is 0 Å². The molecule has 110 valence electrons. The highest BCUT2D eigenvalue weighted by Crippen LogP contribution is 2.25. The number of nitrogens with one attached hydrogen (secondary N) is 1. The molecule has 1 amide bonds. The summed E-state index contributed by atoms with van der Waals surface area (Å²) >= 11 is 7.35. The van der Waals surface area contributed by atoms with Crippen molar-refractivity contribution in [3.63, 3.8) is 0 Å². The highest BCUT2D eigenvalue weighted by Gasteiger charge is 2.19. The second-order valence-electron chi connectivity index (χ2n) is 4.51. The zero-order valence-corrected chi connectivity index (χ0v) is 13.4. The van der Waals surface area contributed by atoms with Crippen molar-refractivity contribution >= 4 is 35.0 Å². The normalized spacial score (nSPS) is 12.0. The second-order valence-corrected chi connectivity index (χ2v) is 6.17. The summed E-state index contributed by atoms with van der Waals surface area (Å²) < 4.78 is 0. The predicted molar refractivity (Wildman–Crippen MR) is 86.8 cm³/mol. The van der Waals surface area contributed by atoms with E-state index in [0.29, 0.717) is 17.1 Å². The fourth-order valence-corrected chi connectivity index (χ4v) is 2.91. The first-order valence-electron chi connectivity index (χ1n) is 6.60. The molecule has 4 nitrogen and oxygen atoms in total. The number of benzene rings is 1. The molecule has 0 aliphatic heterocycles. The van der Waals surface area contributed by atoms with Crippen LogP contribution in [0, 0.1) is 6.92 Å². The second kappa shape index (κ2) is 7.43. The average Bonchev–Trinajstić information content (AvgIpc) is 2.44. The van der Waals surface area contributed by atoms with Crippen LogP contribution in [-0.2, 0) is 4.79 Å². The van der Waals surface area contributed by atoms with Gasteiger partial charge in [-0.25, -0.2) is 9.97 Å². The molecule has 1 heterocycles. The van der Waals surface area contributed by atoms with Crippen LogP contribution >= 0.6 is 23.4 Å². The molecule has 0 saturated carbocycles. The van der Waals surface area contributed by atoms with Crippen LogP contribution in [0.5, 0.6) is 0 Å². The van der Waals surface area contributed by atoms with Gasteiger partial charge in [0, 0.05) is 16.4 Å². The number of halogens is 1. The minimum absolute atomic E-state index is 0.0546. The number of carbonyl (C=O) groups is 1. The van der Waals surface area contributed by atoms with Gasteiger partial charge in [0.2, 0.25) is 5.91 Å². The van der Waals surface area contributed by atoms with Gasteiger partial charge in [0.05, 0.1) is 5.25 Å². The smallest absolute Gasteiger partial charge is 0.237 e. The summed E-state index contributed by atoms with van der Waals surface area (Å²) in [6, 6.07) is 8.99. The summed E-state index contributed by atoms with van der Waals surface area (Å²) in [5.41, 5.74) is 1.59. The van der Waals surface area contributed by atoms with Crippen molar-refractivity contribution in [3.8, 4) is 0 Å². The Labute approximate surface area is 133 Å². The van der Waals surface area contributed by atoms with Crippen molar-refractivity contribution in [3.05, 3.63) is 47.4 Å². The van der Waals surface area contributed by atoms with Crippen LogP contribution in [0.3, 0.4) is 0 Å². The number of aromatic nitrogens is 2. The lowest BCUT2D eigenvalue weighted by molar-refractivity contribution is -0.115. The SMILES string of the molecule is CCC(Sc1cc(C)ncn1)C(=O)Nc1cccc(Cl)c1. The van der Waals surface area contributed by atoms with Crippen LogP contribution in [0.15, 0.2) is 41.7 Å². The van der Waals surface area contributed by atoms with E-state index < -0.39 is 0 Å². The van der Waals surface area contributed by atoms with Gasteiger partial charge in [0.1, 0.15) is 11.4 Å². The third-order valence-corrected chi connectivity index (χ3v) is 4.33. The molecule has 1 aromatic carbocycles. The molecule has 6 heteroatoms. The van der Waals surface area contributed by atoms with Crippen molar-refractivity contribution in [1.29, 1.82) is 0 Å². The summed E-state index contributed by atoms with van der Waals surface area (Å²) in [6.07, 6.45) is 2.22. The Bertz CT molecular complexity index is 636. The minimum Gasteiger partial charge on any atom is -0.325 e. The first-order valence-corrected chi connectivity index (χ1v) is 7.86. The zero-order chi connectivity index (χ0) is 15.2. The van der Waals surface area contributed by atoms with E-state index in [2.05, 4.69) is 15.3 Å². The number of carbonyl (C=O) groups excluding carboxylic acids is 1. The summed E-state index contributed by atoms with van der Waals surface area (Å²) in [7, 11) is 0. The highest BCUT2D eigenvalue weighted by atomic mass is 35.5. The summed E-state index contributed by atoms with van der Waals surface area (Å²) in [6.45, 7) is 3.88. The Morgan fingerprint density at radius 2 is 2.19 bits per heavy atom. The Morgan fingerprint density at radius 1 is 1.38 bits per heavy atom. The average molecular weight is 322 g/mol. The number of hydrogen-bond donors (Lipinski definition) is 1. The number of nitrogens with zero attached hydrogens (tertiary/aromatic N) is 2. The molecular formula is C15H16ClN3OS. The lowest BCUT2D eigenvalue weighted by Crippen LogP contribution is -2.24. The molecule has 1 atom stereocenters. The van der Waals surface area contributed by atoms with Crippen molar-refractivity contribution < 1.29 is 4.79 Å². The third kappa shape index (κ3) is 4.72. The van der Waals surface area contributed by atoms with Gasteiger partial charge in [0.25, 0.3) is 0 Å². The van der Waals surface area contributed by atoms with Crippen LogP contribution in [0.1, 0.15) is 19.0 Å². The van der Waals surface area contributed by atoms with Crippen LogP contribution in [-0.4, -0.2) is 21.1 Å². The van der Waals surface area contributed by atoms with E-state index in [1.165, 1.54) is 18.1 Å². The Balaban J connectivity index is 2.05. The Hall–Kier alpha value is -1.59. The number of amides is 1. The van der Waals surface area contributed by atoms with Crippen LogP contribution in [0.4, 0.5) is 5.69 Å². The molecule has 1 unspecified atom stereocenters. The number of rotatable bonds is 5. The Kier molecular flexibility index (Phi) is 5.59. The molecule has 0 radical (unpaired) electrons. The molecule has 2 aromatic rings. The summed E-state index contributed by atoms with van der Waals surface area (Å²) in [4.78, 5) is 20.6.